The molecule has 1 aromatic heterocycles. The quantitative estimate of drug-likeness (QED) is 0.842. The molecule has 2 unspecified atom stereocenters. The molecule has 18 heavy (non-hydrogen) atoms. The zero-order chi connectivity index (χ0) is 12.7. The van der Waals surface area contributed by atoms with Gasteiger partial charge in [0, 0.05) is 11.3 Å². The molecule has 2 atom stereocenters. The minimum atomic E-state index is -0.336. The summed E-state index contributed by atoms with van der Waals surface area (Å²) in [5, 5.41) is 11.7. The molecule has 94 valence electrons. The molecule has 0 amide bonds. The van der Waals surface area contributed by atoms with Gasteiger partial charge in [0.25, 0.3) is 0 Å². The fourth-order valence-electron chi connectivity index (χ4n) is 2.29. The fraction of sp³-hybridized carbons (Fsp3) is 0.417. The van der Waals surface area contributed by atoms with E-state index in [0.29, 0.717) is 29.0 Å². The maximum Gasteiger partial charge on any atom is 0.184 e. The first-order chi connectivity index (χ1) is 8.70. The smallest absolute Gasteiger partial charge is 0.184 e. The number of nitrogen functional groups attached to an aromatic ring is 1. The van der Waals surface area contributed by atoms with E-state index in [1.165, 1.54) is 18.2 Å². The average molecular weight is 247 g/mol. The molecule has 0 radical (unpaired) electrons. The second-order valence-corrected chi connectivity index (χ2v) is 4.65. The molecule has 1 aromatic carbocycles. The van der Waals surface area contributed by atoms with Gasteiger partial charge in [0.2, 0.25) is 0 Å². The predicted octanol–water partition coefficient (Wildman–Crippen LogP) is 2.03. The van der Waals surface area contributed by atoms with Crippen molar-refractivity contribution in [1.82, 2.24) is 20.2 Å². The lowest BCUT2D eigenvalue weighted by atomic mass is 10.1. The van der Waals surface area contributed by atoms with Crippen molar-refractivity contribution in [1.29, 1.82) is 0 Å². The molecule has 1 fully saturated rings. The van der Waals surface area contributed by atoms with Gasteiger partial charge in [-0.05, 0) is 41.0 Å². The molecule has 0 aliphatic heterocycles. The van der Waals surface area contributed by atoms with Crippen molar-refractivity contribution in [2.45, 2.75) is 25.8 Å². The number of benzene rings is 1. The number of hydrogen-bond acceptors (Lipinski definition) is 4. The zero-order valence-corrected chi connectivity index (χ0v) is 10.0. The highest BCUT2D eigenvalue weighted by Gasteiger charge is 2.39. The lowest BCUT2D eigenvalue weighted by molar-refractivity contribution is 0.563. The summed E-state index contributed by atoms with van der Waals surface area (Å²) in [6.45, 7) is 2.14. The number of aromatic nitrogens is 4. The Morgan fingerprint density at radius 3 is 3.06 bits per heavy atom. The largest absolute Gasteiger partial charge is 0.398 e. The summed E-state index contributed by atoms with van der Waals surface area (Å²) in [6, 6.07) is 4.57. The Labute approximate surface area is 104 Å². The van der Waals surface area contributed by atoms with Gasteiger partial charge in [-0.2, -0.15) is 0 Å². The molecule has 5 nitrogen and oxygen atoms in total. The molecule has 1 aliphatic rings. The molecule has 0 bridgehead atoms. The maximum atomic E-state index is 13.3. The van der Waals surface area contributed by atoms with Gasteiger partial charge in [-0.3, -0.25) is 0 Å². The van der Waals surface area contributed by atoms with Crippen LogP contribution in [0, 0.1) is 11.7 Å². The van der Waals surface area contributed by atoms with Crippen molar-refractivity contribution in [3.63, 3.8) is 0 Å². The van der Waals surface area contributed by atoms with E-state index in [1.807, 2.05) is 0 Å². The number of nitrogens with zero attached hydrogens (tertiary/aromatic N) is 4. The average Bonchev–Trinajstić information content (AvgIpc) is 3.00. The molecular formula is C12H14FN5. The van der Waals surface area contributed by atoms with E-state index in [-0.39, 0.29) is 5.82 Å². The summed E-state index contributed by atoms with van der Waals surface area (Å²) in [6.07, 6.45) is 2.17. The molecule has 6 heteroatoms. The zero-order valence-electron chi connectivity index (χ0n) is 10.0. The number of tetrazole rings is 1. The minimum absolute atomic E-state index is 0.322. The summed E-state index contributed by atoms with van der Waals surface area (Å²) in [7, 11) is 0. The highest BCUT2D eigenvalue weighted by atomic mass is 19.1. The first-order valence-corrected chi connectivity index (χ1v) is 6.04. The van der Waals surface area contributed by atoms with Crippen molar-refractivity contribution in [3.8, 4) is 11.4 Å². The van der Waals surface area contributed by atoms with Crippen molar-refractivity contribution < 1.29 is 4.39 Å². The molecule has 3 rings (SSSR count). The summed E-state index contributed by atoms with van der Waals surface area (Å²) < 4.78 is 15.1. The fourth-order valence-corrected chi connectivity index (χ4v) is 2.29. The highest BCUT2D eigenvalue weighted by molar-refractivity contribution is 5.71. The molecule has 1 saturated carbocycles. The highest BCUT2D eigenvalue weighted by Crippen LogP contribution is 2.46. The summed E-state index contributed by atoms with van der Waals surface area (Å²) in [5.41, 5.74) is 6.91. The number of halogens is 1. The van der Waals surface area contributed by atoms with E-state index in [9.17, 15) is 4.39 Å². The van der Waals surface area contributed by atoms with Crippen molar-refractivity contribution in [2.24, 2.45) is 5.92 Å². The van der Waals surface area contributed by atoms with Gasteiger partial charge in [-0.15, -0.1) is 5.10 Å². The number of anilines is 1. The second-order valence-electron chi connectivity index (χ2n) is 4.65. The Balaban J connectivity index is 2.02. The first kappa shape index (κ1) is 11.1. The predicted molar refractivity (Wildman–Crippen MR) is 65.1 cm³/mol. The SMILES string of the molecule is CCC1CC1n1nnnc1-c1cc(F)ccc1N. The Kier molecular flexibility index (Phi) is 2.50. The Bertz CT molecular complexity index is 580. The van der Waals surface area contributed by atoms with Gasteiger partial charge in [0.05, 0.1) is 6.04 Å². The van der Waals surface area contributed by atoms with Crippen LogP contribution in [0.4, 0.5) is 10.1 Å². The van der Waals surface area contributed by atoms with Gasteiger partial charge in [0.1, 0.15) is 5.82 Å². The number of nitrogens with two attached hydrogens (primary N) is 1. The van der Waals surface area contributed by atoms with Gasteiger partial charge in [0.15, 0.2) is 5.82 Å². The van der Waals surface area contributed by atoms with E-state index >= 15 is 0 Å². The van der Waals surface area contributed by atoms with E-state index in [4.69, 9.17) is 5.73 Å². The van der Waals surface area contributed by atoms with Crippen LogP contribution in [0.15, 0.2) is 18.2 Å². The molecule has 0 saturated heterocycles. The summed E-state index contributed by atoms with van der Waals surface area (Å²) >= 11 is 0. The van der Waals surface area contributed by atoms with Gasteiger partial charge >= 0.3 is 0 Å². The standard InChI is InChI=1S/C12H14FN5/c1-2-7-5-11(7)18-12(15-16-17-18)9-6-8(13)3-4-10(9)14/h3-4,6-7,11H,2,5,14H2,1H3. The molecule has 2 N–H and O–H groups in total. The van der Waals surface area contributed by atoms with Crippen LogP contribution < -0.4 is 5.73 Å². The molecule has 1 heterocycles. The van der Waals surface area contributed by atoms with E-state index in [2.05, 4.69) is 22.4 Å². The number of hydrogen-bond donors (Lipinski definition) is 1. The first-order valence-electron chi connectivity index (χ1n) is 6.04. The van der Waals surface area contributed by atoms with Crippen LogP contribution in [0.3, 0.4) is 0 Å². The van der Waals surface area contributed by atoms with Crippen LogP contribution in [0.25, 0.3) is 11.4 Å². The van der Waals surface area contributed by atoms with E-state index < -0.39 is 0 Å². The van der Waals surface area contributed by atoms with E-state index in [1.54, 1.807) is 4.68 Å². The number of rotatable bonds is 3. The minimum Gasteiger partial charge on any atom is -0.398 e. The van der Waals surface area contributed by atoms with Crippen LogP contribution in [-0.4, -0.2) is 20.2 Å². The summed E-state index contributed by atoms with van der Waals surface area (Å²) in [5.74, 6) is 0.826. The maximum absolute atomic E-state index is 13.3. The Morgan fingerprint density at radius 1 is 1.50 bits per heavy atom. The summed E-state index contributed by atoms with van der Waals surface area (Å²) in [4.78, 5) is 0. The van der Waals surface area contributed by atoms with Crippen LogP contribution in [0.1, 0.15) is 25.8 Å². The van der Waals surface area contributed by atoms with Crippen molar-refractivity contribution >= 4 is 5.69 Å². The second kappa shape index (κ2) is 4.04. The topological polar surface area (TPSA) is 69.6 Å². The molecule has 1 aliphatic carbocycles. The monoisotopic (exact) mass is 247 g/mol. The molecule has 2 aromatic rings. The third-order valence-electron chi connectivity index (χ3n) is 3.47. The molecule has 0 spiro atoms. The van der Waals surface area contributed by atoms with Crippen LogP contribution in [0.5, 0.6) is 0 Å². The van der Waals surface area contributed by atoms with Crippen molar-refractivity contribution in [3.05, 3.63) is 24.0 Å². The van der Waals surface area contributed by atoms with Gasteiger partial charge < -0.3 is 5.73 Å². The van der Waals surface area contributed by atoms with Crippen LogP contribution >= 0.6 is 0 Å². The van der Waals surface area contributed by atoms with E-state index in [0.717, 1.165) is 12.8 Å². The lowest BCUT2D eigenvalue weighted by Crippen LogP contribution is -2.03. The lowest BCUT2D eigenvalue weighted by Gasteiger charge is -2.06. The van der Waals surface area contributed by atoms with Crippen LogP contribution in [0.2, 0.25) is 0 Å². The Morgan fingerprint density at radius 2 is 2.33 bits per heavy atom. The third-order valence-corrected chi connectivity index (χ3v) is 3.47. The van der Waals surface area contributed by atoms with Crippen molar-refractivity contribution in [2.75, 3.05) is 5.73 Å². The van der Waals surface area contributed by atoms with Gasteiger partial charge in [-0.25, -0.2) is 9.07 Å². The third kappa shape index (κ3) is 1.73. The van der Waals surface area contributed by atoms with Gasteiger partial charge in [-0.1, -0.05) is 13.3 Å². The Hall–Kier alpha value is -1.98. The molecular weight excluding hydrogens is 233 g/mol. The van der Waals surface area contributed by atoms with Crippen LogP contribution in [-0.2, 0) is 0 Å². The normalized spacial score (nSPS) is 22.1.